The Hall–Kier alpha value is -0.660. The molecule has 2 rings (SSSR count). The minimum Gasteiger partial charge on any atom is -0.371 e. The van der Waals surface area contributed by atoms with Gasteiger partial charge in [0.2, 0.25) is 0 Å². The summed E-state index contributed by atoms with van der Waals surface area (Å²) in [6, 6.07) is 8.57. The van der Waals surface area contributed by atoms with Crippen LogP contribution in [0, 0.1) is 0 Å². The van der Waals surface area contributed by atoms with Crippen LogP contribution in [0.15, 0.2) is 30.3 Å². The molecule has 0 atom stereocenters. The van der Waals surface area contributed by atoms with Gasteiger partial charge >= 0.3 is 0 Å². The van der Waals surface area contributed by atoms with Gasteiger partial charge in [-0.3, -0.25) is 0 Å². The molecule has 1 aromatic rings. The molecule has 0 N–H and O–H groups in total. The van der Waals surface area contributed by atoms with E-state index in [4.69, 9.17) is 11.6 Å². The van der Waals surface area contributed by atoms with Gasteiger partial charge in [-0.25, -0.2) is 0 Å². The third-order valence-electron chi connectivity index (χ3n) is 3.02. The van der Waals surface area contributed by atoms with Crippen LogP contribution in [0.5, 0.6) is 0 Å². The van der Waals surface area contributed by atoms with Crippen LogP contribution in [0.2, 0.25) is 0 Å². The summed E-state index contributed by atoms with van der Waals surface area (Å²) >= 11 is 5.69. The highest BCUT2D eigenvalue weighted by molar-refractivity contribution is 6.19. The molecule has 0 saturated carbocycles. The van der Waals surface area contributed by atoms with Gasteiger partial charge in [0.05, 0.1) is 0 Å². The van der Waals surface area contributed by atoms with Crippen LogP contribution in [-0.4, -0.2) is 19.0 Å². The van der Waals surface area contributed by atoms with Crippen LogP contribution in [0.1, 0.15) is 24.8 Å². The fourth-order valence-corrected chi connectivity index (χ4v) is 2.31. The highest BCUT2D eigenvalue weighted by Crippen LogP contribution is 2.24. The summed E-state index contributed by atoms with van der Waals surface area (Å²) in [6.45, 7) is 2.37. The lowest BCUT2D eigenvalue weighted by Gasteiger charge is -2.30. The van der Waals surface area contributed by atoms with E-state index in [1.165, 1.54) is 43.6 Å². The molecule has 1 aliphatic heterocycles. The summed E-state index contributed by atoms with van der Waals surface area (Å²) in [5.74, 6) is 0.578. The van der Waals surface area contributed by atoms with Crippen molar-refractivity contribution in [2.75, 3.05) is 23.9 Å². The first kappa shape index (κ1) is 14.4. The van der Waals surface area contributed by atoms with E-state index in [2.05, 4.69) is 35.2 Å². The summed E-state index contributed by atoms with van der Waals surface area (Å²) in [5.41, 5.74) is 2.63. The van der Waals surface area contributed by atoms with E-state index >= 15 is 0 Å². The second kappa shape index (κ2) is 7.62. The van der Waals surface area contributed by atoms with E-state index in [0.717, 1.165) is 0 Å². The lowest BCUT2D eigenvalue weighted by Crippen LogP contribution is -2.29. The number of piperidine rings is 1. The van der Waals surface area contributed by atoms with Gasteiger partial charge in [0.15, 0.2) is 0 Å². The van der Waals surface area contributed by atoms with Crippen molar-refractivity contribution >= 4 is 35.8 Å². The first-order valence-electron chi connectivity index (χ1n) is 5.98. The smallest absolute Gasteiger partial charge is 0.0439 e. The zero-order valence-electron chi connectivity index (χ0n) is 9.94. The van der Waals surface area contributed by atoms with Crippen LogP contribution in [0.25, 0.3) is 6.08 Å². The second-order valence-electron chi connectivity index (χ2n) is 4.16. The molecule has 0 aliphatic carbocycles. The fourth-order valence-electron chi connectivity index (χ4n) is 2.22. The zero-order chi connectivity index (χ0) is 11.2. The van der Waals surface area contributed by atoms with Crippen molar-refractivity contribution in [2.24, 2.45) is 0 Å². The maximum absolute atomic E-state index is 5.69. The maximum Gasteiger partial charge on any atom is 0.0439 e. The number of para-hydroxylation sites is 1. The Labute approximate surface area is 115 Å². The third-order valence-corrected chi connectivity index (χ3v) is 3.20. The molecule has 1 aliphatic rings. The van der Waals surface area contributed by atoms with E-state index in [1.807, 2.05) is 6.08 Å². The molecular weight excluding hydrogens is 253 g/mol. The van der Waals surface area contributed by atoms with Crippen molar-refractivity contribution in [3.8, 4) is 0 Å². The Kier molecular flexibility index (Phi) is 6.46. The average Bonchev–Trinajstić information content (AvgIpc) is 2.38. The standard InChI is InChI=1S/C14H18ClN.ClH/c15-10-6-8-13-7-2-3-9-14(13)16-11-4-1-5-12-16;/h2-3,6-9H,1,4-5,10-12H2;1H. The van der Waals surface area contributed by atoms with Gasteiger partial charge in [0.25, 0.3) is 0 Å². The van der Waals surface area contributed by atoms with E-state index in [9.17, 15) is 0 Å². The van der Waals surface area contributed by atoms with Crippen molar-refractivity contribution in [1.82, 2.24) is 0 Å². The van der Waals surface area contributed by atoms with Crippen molar-refractivity contribution in [2.45, 2.75) is 19.3 Å². The summed E-state index contributed by atoms with van der Waals surface area (Å²) < 4.78 is 0. The molecule has 0 bridgehead atoms. The summed E-state index contributed by atoms with van der Waals surface area (Å²) in [6.07, 6.45) is 8.12. The largest absolute Gasteiger partial charge is 0.371 e. The molecular formula is C14H19Cl2N. The monoisotopic (exact) mass is 271 g/mol. The van der Waals surface area contributed by atoms with Crippen LogP contribution < -0.4 is 4.90 Å². The predicted octanol–water partition coefficient (Wildman–Crippen LogP) is 4.35. The molecule has 1 saturated heterocycles. The van der Waals surface area contributed by atoms with Gasteiger partial charge in [-0.05, 0) is 30.9 Å². The molecule has 3 heteroatoms. The quantitative estimate of drug-likeness (QED) is 0.739. The van der Waals surface area contributed by atoms with Crippen molar-refractivity contribution < 1.29 is 0 Å². The highest BCUT2D eigenvalue weighted by atomic mass is 35.5. The van der Waals surface area contributed by atoms with Gasteiger partial charge in [-0.15, -0.1) is 24.0 Å². The Morgan fingerprint density at radius 2 is 1.82 bits per heavy atom. The average molecular weight is 272 g/mol. The molecule has 0 amide bonds. The highest BCUT2D eigenvalue weighted by Gasteiger charge is 2.12. The van der Waals surface area contributed by atoms with Crippen LogP contribution in [-0.2, 0) is 0 Å². The first-order chi connectivity index (χ1) is 7.92. The molecule has 1 fully saturated rings. The normalized spacial score (nSPS) is 15.9. The van der Waals surface area contributed by atoms with Crippen molar-refractivity contribution in [1.29, 1.82) is 0 Å². The Morgan fingerprint density at radius 3 is 2.53 bits per heavy atom. The van der Waals surface area contributed by atoms with Crippen molar-refractivity contribution in [3.63, 3.8) is 0 Å². The third kappa shape index (κ3) is 3.93. The topological polar surface area (TPSA) is 3.24 Å². The predicted molar refractivity (Wildman–Crippen MR) is 79.5 cm³/mol. The summed E-state index contributed by atoms with van der Waals surface area (Å²) in [4.78, 5) is 2.48. The maximum atomic E-state index is 5.69. The molecule has 1 aromatic carbocycles. The van der Waals surface area contributed by atoms with Gasteiger partial charge in [-0.2, -0.15) is 0 Å². The number of anilines is 1. The Balaban J connectivity index is 0.00000144. The molecule has 0 spiro atoms. The van der Waals surface area contributed by atoms with E-state index in [1.54, 1.807) is 0 Å². The lowest BCUT2D eigenvalue weighted by atomic mass is 10.1. The first-order valence-corrected chi connectivity index (χ1v) is 6.52. The second-order valence-corrected chi connectivity index (χ2v) is 4.47. The van der Waals surface area contributed by atoms with E-state index in [0.29, 0.717) is 5.88 Å². The molecule has 17 heavy (non-hydrogen) atoms. The number of hydrogen-bond donors (Lipinski definition) is 0. The summed E-state index contributed by atoms with van der Waals surface area (Å²) in [5, 5.41) is 0. The minimum absolute atomic E-state index is 0. The minimum atomic E-state index is 0. The molecule has 1 nitrogen and oxygen atoms in total. The molecule has 0 unspecified atom stereocenters. The number of alkyl halides is 1. The number of rotatable bonds is 3. The van der Waals surface area contributed by atoms with E-state index < -0.39 is 0 Å². The number of nitrogens with zero attached hydrogens (tertiary/aromatic N) is 1. The number of allylic oxidation sites excluding steroid dienone is 1. The van der Waals surface area contributed by atoms with Gasteiger partial charge in [-0.1, -0.05) is 30.4 Å². The number of halogens is 2. The zero-order valence-corrected chi connectivity index (χ0v) is 11.5. The SMILES string of the molecule is Cl.ClCC=Cc1ccccc1N1CCCCC1. The van der Waals surface area contributed by atoms with Crippen LogP contribution >= 0.6 is 24.0 Å². The van der Waals surface area contributed by atoms with Gasteiger partial charge < -0.3 is 4.90 Å². The number of hydrogen-bond acceptors (Lipinski definition) is 1. The molecule has 0 aromatic heterocycles. The van der Waals surface area contributed by atoms with Gasteiger partial charge in [0, 0.05) is 24.7 Å². The molecule has 1 heterocycles. The van der Waals surface area contributed by atoms with Gasteiger partial charge in [0.1, 0.15) is 0 Å². The van der Waals surface area contributed by atoms with Crippen LogP contribution in [0.4, 0.5) is 5.69 Å². The Bertz CT molecular complexity index is 357. The summed E-state index contributed by atoms with van der Waals surface area (Å²) in [7, 11) is 0. The lowest BCUT2D eigenvalue weighted by molar-refractivity contribution is 0.577. The molecule has 94 valence electrons. The number of benzene rings is 1. The van der Waals surface area contributed by atoms with Crippen molar-refractivity contribution in [3.05, 3.63) is 35.9 Å². The van der Waals surface area contributed by atoms with E-state index in [-0.39, 0.29) is 12.4 Å². The van der Waals surface area contributed by atoms with Crippen LogP contribution in [0.3, 0.4) is 0 Å². The fraction of sp³-hybridized carbons (Fsp3) is 0.429. The Morgan fingerprint density at radius 1 is 1.12 bits per heavy atom. The molecule has 0 radical (unpaired) electrons.